The van der Waals surface area contributed by atoms with Crippen LogP contribution in [0, 0.1) is 0 Å². The quantitative estimate of drug-likeness (QED) is 0.440. The second kappa shape index (κ2) is 9.17. The molecule has 2 aromatic rings. The molecule has 2 fully saturated rings. The Kier molecular flexibility index (Phi) is 6.18. The van der Waals surface area contributed by atoms with Gasteiger partial charge in [-0.15, -0.1) is 20.4 Å². The summed E-state index contributed by atoms with van der Waals surface area (Å²) in [5, 5.41) is 24.7. The fraction of sp³-hybridized carbons (Fsp3) is 0.474. The standard InChI is InChI=1S/C19H23N7O2S/c27-16(4-2-1-3-15-17-14(10-29-15)23-19(28)24-17)20-9-12-5-7-13(8-6-12)18-25-21-11-22-26-18/h5-8,11,14-15,17H,1-4,9-10H2,(H,20,27)(H2,23,24,28)/t14-,15?,17+/m1/s1. The van der Waals surface area contributed by atoms with Crippen LogP contribution in [0.4, 0.5) is 4.79 Å². The molecular weight excluding hydrogens is 390 g/mol. The number of nitrogens with zero attached hydrogens (tertiary/aromatic N) is 4. The molecule has 3 atom stereocenters. The van der Waals surface area contributed by atoms with Gasteiger partial charge in [-0.3, -0.25) is 4.79 Å². The van der Waals surface area contributed by atoms with Crippen LogP contribution >= 0.6 is 11.8 Å². The Morgan fingerprint density at radius 3 is 2.72 bits per heavy atom. The predicted molar refractivity (Wildman–Crippen MR) is 109 cm³/mol. The van der Waals surface area contributed by atoms with Gasteiger partial charge in [-0.2, -0.15) is 11.8 Å². The molecule has 0 saturated carbocycles. The zero-order chi connectivity index (χ0) is 20.1. The summed E-state index contributed by atoms with van der Waals surface area (Å²) in [6.07, 6.45) is 4.67. The average Bonchev–Trinajstić information content (AvgIpc) is 3.30. The highest BCUT2D eigenvalue weighted by molar-refractivity contribution is 8.00. The first-order valence-corrected chi connectivity index (χ1v) is 10.8. The molecule has 29 heavy (non-hydrogen) atoms. The van der Waals surface area contributed by atoms with Gasteiger partial charge >= 0.3 is 6.03 Å². The van der Waals surface area contributed by atoms with Gasteiger partial charge in [0.1, 0.15) is 0 Å². The van der Waals surface area contributed by atoms with Crippen molar-refractivity contribution < 1.29 is 9.59 Å². The van der Waals surface area contributed by atoms with Crippen molar-refractivity contribution in [1.82, 2.24) is 36.3 Å². The molecule has 1 aromatic heterocycles. The molecule has 0 spiro atoms. The minimum absolute atomic E-state index is 0.0534. The molecule has 2 aliphatic heterocycles. The minimum Gasteiger partial charge on any atom is -0.352 e. The number of fused-ring (bicyclic) bond motifs is 1. The molecule has 3 N–H and O–H groups in total. The highest BCUT2D eigenvalue weighted by Gasteiger charge is 2.42. The van der Waals surface area contributed by atoms with Gasteiger partial charge in [0.2, 0.25) is 11.7 Å². The smallest absolute Gasteiger partial charge is 0.315 e. The Morgan fingerprint density at radius 1 is 1.14 bits per heavy atom. The van der Waals surface area contributed by atoms with Gasteiger partial charge in [-0.1, -0.05) is 30.7 Å². The molecule has 2 aliphatic rings. The maximum atomic E-state index is 12.1. The van der Waals surface area contributed by atoms with Crippen LogP contribution in [0.1, 0.15) is 31.2 Å². The lowest BCUT2D eigenvalue weighted by molar-refractivity contribution is -0.121. The van der Waals surface area contributed by atoms with Crippen LogP contribution in [-0.4, -0.2) is 55.4 Å². The van der Waals surface area contributed by atoms with Crippen molar-refractivity contribution >= 4 is 23.7 Å². The van der Waals surface area contributed by atoms with E-state index < -0.39 is 0 Å². The molecule has 1 unspecified atom stereocenters. The number of thioether (sulfide) groups is 1. The van der Waals surface area contributed by atoms with Crippen LogP contribution in [0.25, 0.3) is 11.4 Å². The van der Waals surface area contributed by atoms with E-state index in [0.717, 1.165) is 36.1 Å². The van der Waals surface area contributed by atoms with Gasteiger partial charge in [0.15, 0.2) is 6.33 Å². The molecule has 2 saturated heterocycles. The summed E-state index contributed by atoms with van der Waals surface area (Å²) in [6, 6.07) is 8.09. The largest absolute Gasteiger partial charge is 0.352 e. The Hall–Kier alpha value is -2.75. The molecule has 0 bridgehead atoms. The molecular formula is C19H23N7O2S. The average molecular weight is 414 g/mol. The molecule has 0 aliphatic carbocycles. The maximum absolute atomic E-state index is 12.1. The summed E-state index contributed by atoms with van der Waals surface area (Å²) in [5.74, 6) is 1.50. The summed E-state index contributed by atoms with van der Waals surface area (Å²) in [7, 11) is 0. The zero-order valence-corrected chi connectivity index (χ0v) is 16.7. The van der Waals surface area contributed by atoms with Crippen LogP contribution in [0.3, 0.4) is 0 Å². The van der Waals surface area contributed by atoms with E-state index in [1.165, 1.54) is 6.33 Å². The number of carbonyl (C=O) groups is 2. The molecule has 3 heterocycles. The van der Waals surface area contributed by atoms with E-state index >= 15 is 0 Å². The molecule has 152 valence electrons. The van der Waals surface area contributed by atoms with E-state index in [1.54, 1.807) is 0 Å². The van der Waals surface area contributed by atoms with Gasteiger partial charge in [0.05, 0.1) is 12.1 Å². The zero-order valence-electron chi connectivity index (χ0n) is 15.9. The molecule has 10 heteroatoms. The normalized spacial score (nSPS) is 22.6. The summed E-state index contributed by atoms with van der Waals surface area (Å²) in [5.41, 5.74) is 1.85. The fourth-order valence-corrected chi connectivity index (χ4v) is 5.20. The van der Waals surface area contributed by atoms with Crippen molar-refractivity contribution in [2.24, 2.45) is 0 Å². The predicted octanol–water partition coefficient (Wildman–Crippen LogP) is 1.28. The van der Waals surface area contributed by atoms with E-state index in [2.05, 4.69) is 36.3 Å². The lowest BCUT2D eigenvalue weighted by Gasteiger charge is -2.16. The van der Waals surface area contributed by atoms with Crippen molar-refractivity contribution in [2.75, 3.05) is 5.75 Å². The number of rotatable bonds is 8. The summed E-state index contributed by atoms with van der Waals surface area (Å²) in [4.78, 5) is 23.5. The van der Waals surface area contributed by atoms with E-state index in [1.807, 2.05) is 36.0 Å². The Bertz CT molecular complexity index is 849. The summed E-state index contributed by atoms with van der Waals surface area (Å²) in [6.45, 7) is 0.491. The first-order valence-electron chi connectivity index (χ1n) is 9.74. The van der Waals surface area contributed by atoms with Gasteiger partial charge in [0, 0.05) is 29.5 Å². The summed E-state index contributed by atoms with van der Waals surface area (Å²) < 4.78 is 0. The Labute approximate surface area is 172 Å². The maximum Gasteiger partial charge on any atom is 0.315 e. The number of hydrogen-bond acceptors (Lipinski definition) is 7. The Balaban J connectivity index is 1.14. The molecule has 0 radical (unpaired) electrons. The van der Waals surface area contributed by atoms with E-state index in [9.17, 15) is 9.59 Å². The number of urea groups is 1. The molecule has 9 nitrogen and oxygen atoms in total. The third-order valence-electron chi connectivity index (χ3n) is 5.19. The number of nitrogens with one attached hydrogen (secondary N) is 3. The van der Waals surface area contributed by atoms with E-state index in [0.29, 0.717) is 24.0 Å². The lowest BCUT2D eigenvalue weighted by atomic mass is 10.0. The number of amides is 3. The van der Waals surface area contributed by atoms with Gasteiger partial charge < -0.3 is 16.0 Å². The van der Waals surface area contributed by atoms with Crippen molar-refractivity contribution in [1.29, 1.82) is 0 Å². The van der Waals surface area contributed by atoms with E-state index in [-0.39, 0.29) is 24.0 Å². The number of benzene rings is 1. The minimum atomic E-state index is -0.0534. The first-order chi connectivity index (χ1) is 14.2. The van der Waals surface area contributed by atoms with E-state index in [4.69, 9.17) is 0 Å². The van der Waals surface area contributed by atoms with Crippen LogP contribution < -0.4 is 16.0 Å². The van der Waals surface area contributed by atoms with Gasteiger partial charge in [-0.05, 0) is 18.4 Å². The molecule has 1 aromatic carbocycles. The molecule has 4 rings (SSSR count). The highest BCUT2D eigenvalue weighted by atomic mass is 32.2. The topological polar surface area (TPSA) is 122 Å². The van der Waals surface area contributed by atoms with Crippen molar-refractivity contribution in [2.45, 2.75) is 49.6 Å². The monoisotopic (exact) mass is 413 g/mol. The van der Waals surface area contributed by atoms with Crippen molar-refractivity contribution in [3.8, 4) is 11.4 Å². The fourth-order valence-electron chi connectivity index (χ4n) is 3.65. The third kappa shape index (κ3) is 5.00. The van der Waals surface area contributed by atoms with Crippen LogP contribution in [0.2, 0.25) is 0 Å². The van der Waals surface area contributed by atoms with Crippen molar-refractivity contribution in [3.63, 3.8) is 0 Å². The Morgan fingerprint density at radius 2 is 1.93 bits per heavy atom. The SMILES string of the molecule is O=C(CCCCC1SC[C@H]2NC(=O)N[C@H]12)NCc1ccc(-c2nncnn2)cc1. The number of carbonyl (C=O) groups excluding carboxylic acids is 2. The second-order valence-electron chi connectivity index (χ2n) is 7.21. The molecule has 3 amide bonds. The van der Waals surface area contributed by atoms with Crippen LogP contribution in [-0.2, 0) is 11.3 Å². The number of unbranched alkanes of at least 4 members (excludes halogenated alkanes) is 1. The lowest BCUT2D eigenvalue weighted by Crippen LogP contribution is -2.36. The summed E-state index contributed by atoms with van der Waals surface area (Å²) >= 11 is 1.91. The van der Waals surface area contributed by atoms with Crippen molar-refractivity contribution in [3.05, 3.63) is 36.2 Å². The second-order valence-corrected chi connectivity index (χ2v) is 8.48. The van der Waals surface area contributed by atoms with Crippen LogP contribution in [0.15, 0.2) is 30.6 Å². The van der Waals surface area contributed by atoms with Gasteiger partial charge in [-0.25, -0.2) is 4.79 Å². The highest BCUT2D eigenvalue weighted by Crippen LogP contribution is 2.33. The number of aromatic nitrogens is 4. The number of hydrogen-bond donors (Lipinski definition) is 3. The first kappa shape index (κ1) is 19.6. The van der Waals surface area contributed by atoms with Crippen LogP contribution in [0.5, 0.6) is 0 Å². The van der Waals surface area contributed by atoms with Gasteiger partial charge in [0.25, 0.3) is 0 Å². The third-order valence-corrected chi connectivity index (χ3v) is 6.70.